The van der Waals surface area contributed by atoms with Crippen molar-refractivity contribution in [2.75, 3.05) is 13.2 Å². The van der Waals surface area contributed by atoms with Crippen molar-refractivity contribution >= 4 is 11.9 Å². The molecule has 0 aliphatic heterocycles. The summed E-state index contributed by atoms with van der Waals surface area (Å²) in [4.78, 5) is 22.7. The first-order valence-electron chi connectivity index (χ1n) is 14.0. The summed E-state index contributed by atoms with van der Waals surface area (Å²) in [5.74, 6) is -0.145. The molecule has 0 unspecified atom stereocenters. The van der Waals surface area contributed by atoms with Crippen LogP contribution in [0.4, 0.5) is 0 Å². The van der Waals surface area contributed by atoms with Gasteiger partial charge >= 0.3 is 11.9 Å². The Morgan fingerprint density at radius 1 is 0.528 bits per heavy atom. The van der Waals surface area contributed by atoms with Crippen LogP contribution in [0, 0.1) is 0 Å². The van der Waals surface area contributed by atoms with Crippen LogP contribution in [0.2, 0.25) is 0 Å². The molecule has 0 bridgehead atoms. The third-order valence-corrected chi connectivity index (χ3v) is 5.50. The third-order valence-electron chi connectivity index (χ3n) is 5.50. The van der Waals surface area contributed by atoms with E-state index in [9.17, 15) is 9.59 Å². The first kappa shape index (κ1) is 36.1. The summed E-state index contributed by atoms with van der Waals surface area (Å²) in [5, 5.41) is 0. The quantitative estimate of drug-likeness (QED) is 0.106. The van der Waals surface area contributed by atoms with Gasteiger partial charge in [-0.05, 0) is 92.2 Å². The van der Waals surface area contributed by atoms with E-state index in [0.717, 1.165) is 64.2 Å². The molecule has 0 saturated heterocycles. The molecule has 0 aromatic heterocycles. The highest BCUT2D eigenvalue weighted by atomic mass is 16.5. The summed E-state index contributed by atoms with van der Waals surface area (Å²) >= 11 is 0. The SMILES string of the molecule is CCCCCC(=O)OC/C=C(\C)CCC=C(C)C.CCCCCC(=O)OC/C=C(\C)CCC=C(C)C. The lowest BCUT2D eigenvalue weighted by Crippen LogP contribution is -2.04. The average molecular weight is 505 g/mol. The number of rotatable bonds is 18. The van der Waals surface area contributed by atoms with Crippen molar-refractivity contribution < 1.29 is 19.1 Å². The highest BCUT2D eigenvalue weighted by molar-refractivity contribution is 5.69. The van der Waals surface area contributed by atoms with Gasteiger partial charge in [-0.2, -0.15) is 0 Å². The van der Waals surface area contributed by atoms with E-state index in [0.29, 0.717) is 26.1 Å². The van der Waals surface area contributed by atoms with Crippen molar-refractivity contribution in [1.29, 1.82) is 0 Å². The average Bonchev–Trinajstić information content (AvgIpc) is 2.79. The van der Waals surface area contributed by atoms with Gasteiger partial charge in [0.25, 0.3) is 0 Å². The van der Waals surface area contributed by atoms with Crippen molar-refractivity contribution in [2.45, 2.75) is 132 Å². The molecule has 0 fully saturated rings. The van der Waals surface area contributed by atoms with Crippen LogP contribution in [-0.4, -0.2) is 25.2 Å². The first-order valence-corrected chi connectivity index (χ1v) is 14.0. The second-order valence-corrected chi connectivity index (χ2v) is 10.0. The Hall–Kier alpha value is -2.10. The molecule has 0 radical (unpaired) electrons. The van der Waals surface area contributed by atoms with Crippen LogP contribution >= 0.6 is 0 Å². The van der Waals surface area contributed by atoms with E-state index in [1.165, 1.54) is 22.3 Å². The minimum Gasteiger partial charge on any atom is -0.461 e. The third kappa shape index (κ3) is 29.9. The van der Waals surface area contributed by atoms with Gasteiger partial charge in [0.15, 0.2) is 0 Å². The van der Waals surface area contributed by atoms with Crippen molar-refractivity contribution in [1.82, 2.24) is 0 Å². The fraction of sp³-hybridized carbons (Fsp3) is 0.688. The lowest BCUT2D eigenvalue weighted by atomic mass is 10.1. The Kier molecular flexibility index (Phi) is 26.0. The zero-order valence-corrected chi connectivity index (χ0v) is 24.8. The highest BCUT2D eigenvalue weighted by Gasteiger charge is 2.01. The summed E-state index contributed by atoms with van der Waals surface area (Å²) in [7, 11) is 0. The molecule has 36 heavy (non-hydrogen) atoms. The van der Waals surface area contributed by atoms with Crippen LogP contribution in [0.1, 0.15) is 132 Å². The van der Waals surface area contributed by atoms with Gasteiger partial charge in [0.05, 0.1) is 0 Å². The molecule has 0 saturated carbocycles. The Morgan fingerprint density at radius 2 is 0.889 bits per heavy atom. The second-order valence-electron chi connectivity index (χ2n) is 10.0. The number of hydrogen-bond donors (Lipinski definition) is 0. The van der Waals surface area contributed by atoms with E-state index in [2.05, 4.69) is 67.5 Å². The molecule has 0 aromatic carbocycles. The highest BCUT2D eigenvalue weighted by Crippen LogP contribution is 2.08. The number of allylic oxidation sites excluding steroid dienone is 6. The monoisotopic (exact) mass is 504 g/mol. The Morgan fingerprint density at radius 3 is 1.19 bits per heavy atom. The van der Waals surface area contributed by atoms with E-state index in [-0.39, 0.29) is 11.9 Å². The van der Waals surface area contributed by atoms with E-state index in [1.807, 2.05) is 12.2 Å². The van der Waals surface area contributed by atoms with Crippen LogP contribution < -0.4 is 0 Å². The molecule has 0 heterocycles. The summed E-state index contributed by atoms with van der Waals surface area (Å²) < 4.78 is 10.3. The predicted octanol–water partition coefficient (Wildman–Crippen LogP) is 9.61. The topological polar surface area (TPSA) is 52.6 Å². The molecule has 0 N–H and O–H groups in total. The minimum atomic E-state index is -0.0724. The molecule has 0 atom stereocenters. The van der Waals surface area contributed by atoms with Crippen LogP contribution in [-0.2, 0) is 19.1 Å². The number of unbranched alkanes of at least 4 members (excludes halogenated alkanes) is 4. The van der Waals surface area contributed by atoms with Crippen LogP contribution in [0.15, 0.2) is 46.6 Å². The van der Waals surface area contributed by atoms with Crippen LogP contribution in [0.3, 0.4) is 0 Å². The lowest BCUT2D eigenvalue weighted by molar-refractivity contribution is -0.143. The van der Waals surface area contributed by atoms with Gasteiger partial charge in [-0.1, -0.05) is 74.0 Å². The number of esters is 2. The lowest BCUT2D eigenvalue weighted by Gasteiger charge is -2.03. The van der Waals surface area contributed by atoms with Gasteiger partial charge in [-0.25, -0.2) is 0 Å². The number of hydrogen-bond acceptors (Lipinski definition) is 4. The van der Waals surface area contributed by atoms with Crippen molar-refractivity contribution in [3.05, 3.63) is 46.6 Å². The Bertz CT molecular complexity index is 627. The Labute approximate surface area is 223 Å². The van der Waals surface area contributed by atoms with Crippen molar-refractivity contribution in [3.8, 4) is 0 Å². The van der Waals surface area contributed by atoms with E-state index < -0.39 is 0 Å². The fourth-order valence-corrected chi connectivity index (χ4v) is 3.12. The maximum atomic E-state index is 11.3. The normalized spacial score (nSPS) is 11.2. The smallest absolute Gasteiger partial charge is 0.306 e. The van der Waals surface area contributed by atoms with Gasteiger partial charge in [-0.15, -0.1) is 0 Å². The Balaban J connectivity index is 0. The molecule has 4 heteroatoms. The van der Waals surface area contributed by atoms with Gasteiger partial charge in [0, 0.05) is 12.8 Å². The van der Waals surface area contributed by atoms with Crippen molar-refractivity contribution in [2.24, 2.45) is 0 Å². The van der Waals surface area contributed by atoms with Gasteiger partial charge < -0.3 is 9.47 Å². The summed E-state index contributed by atoms with van der Waals surface area (Å²) in [6.07, 6.45) is 20.2. The largest absolute Gasteiger partial charge is 0.461 e. The molecule has 0 amide bonds. The molecule has 0 aliphatic rings. The van der Waals surface area contributed by atoms with Crippen LogP contribution in [0.5, 0.6) is 0 Å². The fourth-order valence-electron chi connectivity index (χ4n) is 3.12. The number of ether oxygens (including phenoxy) is 2. The predicted molar refractivity (Wildman–Crippen MR) is 155 cm³/mol. The first-order chi connectivity index (χ1) is 17.1. The molecule has 0 aromatic rings. The standard InChI is InChI=1S/2C16H28O2/c2*1-5-6-7-11-16(17)18-13-12-15(4)10-8-9-14(2)3/h2*9,12H,5-8,10-11,13H2,1-4H3/b2*15-12+. The van der Waals surface area contributed by atoms with E-state index in [1.54, 1.807) is 0 Å². The molecule has 208 valence electrons. The van der Waals surface area contributed by atoms with E-state index in [4.69, 9.17) is 9.47 Å². The number of carbonyl (C=O) groups excluding carboxylic acids is 2. The number of carbonyl (C=O) groups is 2. The zero-order valence-electron chi connectivity index (χ0n) is 24.8. The summed E-state index contributed by atoms with van der Waals surface area (Å²) in [5.41, 5.74) is 5.28. The zero-order chi connectivity index (χ0) is 27.6. The maximum Gasteiger partial charge on any atom is 0.306 e. The van der Waals surface area contributed by atoms with Gasteiger partial charge in [-0.3, -0.25) is 9.59 Å². The van der Waals surface area contributed by atoms with E-state index >= 15 is 0 Å². The second kappa shape index (κ2) is 26.0. The van der Waals surface area contributed by atoms with Gasteiger partial charge in [0.1, 0.15) is 13.2 Å². The molecular formula is C32H56O4. The molecule has 0 spiro atoms. The molecule has 0 aliphatic carbocycles. The summed E-state index contributed by atoms with van der Waals surface area (Å²) in [6, 6.07) is 0. The van der Waals surface area contributed by atoms with Gasteiger partial charge in [0.2, 0.25) is 0 Å². The molecular weight excluding hydrogens is 448 g/mol. The van der Waals surface area contributed by atoms with Crippen molar-refractivity contribution in [3.63, 3.8) is 0 Å². The molecule has 4 nitrogen and oxygen atoms in total. The minimum absolute atomic E-state index is 0.0724. The molecule has 0 rings (SSSR count). The maximum absolute atomic E-state index is 11.3. The summed E-state index contributed by atoms with van der Waals surface area (Å²) in [6.45, 7) is 17.7. The van der Waals surface area contributed by atoms with Crippen LogP contribution in [0.25, 0.3) is 0 Å².